The van der Waals surface area contributed by atoms with Crippen LogP contribution in [0.2, 0.25) is 0 Å². The minimum atomic E-state index is -1.32. The van der Waals surface area contributed by atoms with Gasteiger partial charge in [-0.15, -0.1) is 0 Å². The van der Waals surface area contributed by atoms with E-state index in [4.69, 9.17) is 23.8 Å². The van der Waals surface area contributed by atoms with Gasteiger partial charge in [-0.2, -0.15) is 0 Å². The molecular formula is C61H52N2O12. The molecule has 0 fully saturated rings. The van der Waals surface area contributed by atoms with Crippen LogP contribution in [0.25, 0.3) is 0 Å². The van der Waals surface area contributed by atoms with Gasteiger partial charge >= 0.3 is 23.9 Å². The summed E-state index contributed by atoms with van der Waals surface area (Å²) in [6.45, 7) is 7.87. The Kier molecular flexibility index (Phi) is 16.1. The molecule has 14 nitrogen and oxygen atoms in total. The maximum atomic E-state index is 13.5. The highest BCUT2D eigenvalue weighted by Crippen LogP contribution is 2.36. The molecule has 1 amide bonds. The number of hydrogen-bond acceptors (Lipinski definition) is 11. The van der Waals surface area contributed by atoms with Crippen molar-refractivity contribution in [3.8, 4) is 23.0 Å². The monoisotopic (exact) mass is 1000 g/mol. The fraction of sp³-hybridized carbons (Fsp3) is 0.131. The van der Waals surface area contributed by atoms with E-state index in [1.807, 2.05) is 122 Å². The van der Waals surface area contributed by atoms with E-state index in [9.17, 15) is 34.2 Å². The number of aryl methyl sites for hydroxylation is 2. The second-order valence-electron chi connectivity index (χ2n) is 18.0. The topological polar surface area (TPSA) is 196 Å². The number of anilines is 2. The predicted molar refractivity (Wildman–Crippen MR) is 282 cm³/mol. The predicted octanol–water partition coefficient (Wildman–Crippen LogP) is 13.1. The Labute approximate surface area is 433 Å². The Balaban J connectivity index is 0.836. The summed E-state index contributed by atoms with van der Waals surface area (Å²) < 4.78 is 23.2. The summed E-state index contributed by atoms with van der Waals surface area (Å²) in [5.41, 5.74) is 8.82. The quantitative estimate of drug-likeness (QED) is 0.0416. The largest absolute Gasteiger partial charge is 0.478 e. The Morgan fingerprint density at radius 2 is 0.920 bits per heavy atom. The number of ether oxygens (including phenoxy) is 4. The zero-order valence-corrected chi connectivity index (χ0v) is 41.4. The van der Waals surface area contributed by atoms with Gasteiger partial charge in [0, 0.05) is 11.1 Å². The molecule has 0 spiro atoms. The van der Waals surface area contributed by atoms with Crippen molar-refractivity contribution in [1.29, 1.82) is 0 Å². The highest BCUT2D eigenvalue weighted by molar-refractivity contribution is 6.12. The van der Waals surface area contributed by atoms with E-state index < -0.39 is 35.2 Å². The highest BCUT2D eigenvalue weighted by atomic mass is 16.6. The number of benzene rings is 8. The van der Waals surface area contributed by atoms with Crippen molar-refractivity contribution in [3.05, 3.63) is 249 Å². The molecule has 0 saturated carbocycles. The first-order valence-corrected chi connectivity index (χ1v) is 23.7. The van der Waals surface area contributed by atoms with Crippen LogP contribution in [-0.4, -0.2) is 40.0 Å². The number of aromatic carboxylic acids is 2. The summed E-state index contributed by atoms with van der Waals surface area (Å²) in [7, 11) is 0. The van der Waals surface area contributed by atoms with Gasteiger partial charge in [-0.3, -0.25) is 15.1 Å². The molecule has 0 radical (unpaired) electrons. The molecule has 0 heterocycles. The van der Waals surface area contributed by atoms with E-state index in [0.717, 1.165) is 27.8 Å². The zero-order chi connectivity index (χ0) is 53.1. The maximum Gasteiger partial charge on any atom is 0.338 e. The lowest BCUT2D eigenvalue weighted by Gasteiger charge is -2.26. The van der Waals surface area contributed by atoms with Gasteiger partial charge < -0.3 is 34.5 Å². The van der Waals surface area contributed by atoms with Crippen molar-refractivity contribution < 1.29 is 58.0 Å². The zero-order valence-electron chi connectivity index (χ0n) is 41.4. The third-order valence-electron chi connectivity index (χ3n) is 12.4. The van der Waals surface area contributed by atoms with Gasteiger partial charge in [0.15, 0.2) is 0 Å². The molecule has 8 rings (SSSR count). The third-order valence-corrected chi connectivity index (χ3v) is 12.4. The minimum absolute atomic E-state index is 0.00159. The van der Waals surface area contributed by atoms with Gasteiger partial charge in [-0.05, 0) is 150 Å². The van der Waals surface area contributed by atoms with Crippen molar-refractivity contribution in [3.63, 3.8) is 0 Å². The second kappa shape index (κ2) is 23.3. The van der Waals surface area contributed by atoms with Crippen LogP contribution in [-0.2, 0) is 39.5 Å². The van der Waals surface area contributed by atoms with Gasteiger partial charge in [0.2, 0.25) is 0 Å². The average molecular weight is 1010 g/mol. The summed E-state index contributed by atoms with van der Waals surface area (Å²) in [4.78, 5) is 68.9. The lowest BCUT2D eigenvalue weighted by atomic mass is 9.78. The normalized spacial score (nSPS) is 11.0. The van der Waals surface area contributed by atoms with Crippen molar-refractivity contribution in [2.75, 3.05) is 10.8 Å². The molecule has 0 aromatic heterocycles. The van der Waals surface area contributed by atoms with Gasteiger partial charge in [0.25, 0.3) is 5.91 Å². The molecule has 75 heavy (non-hydrogen) atoms. The molecule has 0 atom stereocenters. The number of carbonyl (C=O) groups excluding carboxylic acids is 3. The summed E-state index contributed by atoms with van der Waals surface area (Å²) in [5.74, 6) is -2.11. The number of carbonyl (C=O) groups is 5. The number of amides is 1. The number of rotatable bonds is 20. The molecule has 0 aliphatic carbocycles. The van der Waals surface area contributed by atoms with Crippen molar-refractivity contribution in [2.45, 2.75) is 52.9 Å². The Morgan fingerprint density at radius 3 is 1.40 bits per heavy atom. The number of nitrogens with one attached hydrogen (secondary N) is 2. The van der Waals surface area contributed by atoms with Crippen molar-refractivity contribution in [2.24, 2.45) is 0 Å². The van der Waals surface area contributed by atoms with Gasteiger partial charge in [-0.1, -0.05) is 98.8 Å². The van der Waals surface area contributed by atoms with Gasteiger partial charge in [0.05, 0.1) is 33.5 Å². The fourth-order valence-electron chi connectivity index (χ4n) is 8.06. The minimum Gasteiger partial charge on any atom is -0.478 e. The molecule has 378 valence electrons. The maximum absolute atomic E-state index is 13.5. The molecule has 0 aliphatic heterocycles. The first-order chi connectivity index (χ1) is 36.1. The van der Waals surface area contributed by atoms with E-state index in [-0.39, 0.29) is 47.6 Å². The van der Waals surface area contributed by atoms with Gasteiger partial charge in [0.1, 0.15) is 42.8 Å². The van der Waals surface area contributed by atoms with E-state index in [1.165, 1.54) is 36.4 Å². The first kappa shape index (κ1) is 51.8. The van der Waals surface area contributed by atoms with Crippen molar-refractivity contribution in [1.82, 2.24) is 0 Å². The molecular weight excluding hydrogens is 953 g/mol. The lowest BCUT2D eigenvalue weighted by Crippen LogP contribution is -2.18. The molecule has 0 aliphatic rings. The molecule has 0 saturated heterocycles. The molecule has 8 aromatic rings. The van der Waals surface area contributed by atoms with E-state index >= 15 is 0 Å². The number of carboxylic acid groups (broad SMARTS) is 2. The Morgan fingerprint density at radius 1 is 0.467 bits per heavy atom. The van der Waals surface area contributed by atoms with E-state index in [0.29, 0.717) is 45.5 Å². The summed E-state index contributed by atoms with van der Waals surface area (Å²) in [6.07, 6.45) is 0. The lowest BCUT2D eigenvalue weighted by molar-refractivity contribution is 0.0463. The smallest absolute Gasteiger partial charge is 0.338 e. The number of esters is 2. The summed E-state index contributed by atoms with van der Waals surface area (Å²) in [6, 6.07) is 52.5. The van der Waals surface area contributed by atoms with Crippen LogP contribution < -0.4 is 20.3 Å². The van der Waals surface area contributed by atoms with Crippen molar-refractivity contribution >= 4 is 41.2 Å². The summed E-state index contributed by atoms with van der Waals surface area (Å²) >= 11 is 0. The molecule has 0 bridgehead atoms. The Bertz CT molecular complexity index is 3380. The van der Waals surface area contributed by atoms with Crippen LogP contribution >= 0.6 is 0 Å². The number of hydrogen-bond donors (Lipinski definition) is 4. The van der Waals surface area contributed by atoms with Crippen LogP contribution in [0, 0.1) is 13.8 Å². The van der Waals surface area contributed by atoms with Gasteiger partial charge in [-0.25, -0.2) is 19.2 Å². The van der Waals surface area contributed by atoms with E-state index in [2.05, 4.69) is 24.6 Å². The van der Waals surface area contributed by atoms with Crippen LogP contribution in [0.3, 0.4) is 0 Å². The first-order valence-electron chi connectivity index (χ1n) is 23.7. The molecule has 4 N–H and O–H groups in total. The highest BCUT2D eigenvalue weighted by Gasteiger charge is 2.24. The average Bonchev–Trinajstić information content (AvgIpc) is 3.41. The molecule has 14 heteroatoms. The van der Waals surface area contributed by atoms with E-state index in [1.54, 1.807) is 37.3 Å². The van der Waals surface area contributed by atoms with Crippen LogP contribution in [0.1, 0.15) is 105 Å². The summed E-state index contributed by atoms with van der Waals surface area (Å²) in [5, 5.41) is 22.4. The van der Waals surface area contributed by atoms with Crippen LogP contribution in [0.4, 0.5) is 11.4 Å². The van der Waals surface area contributed by atoms with Crippen LogP contribution in [0.5, 0.6) is 23.0 Å². The second-order valence-corrected chi connectivity index (χ2v) is 18.0. The SMILES string of the molecule is Cc1cc(Oc2ccc(C(C)(C)c3ccc(Oc4ccc(NC(=O)c5cc(C(=O)OCc6ccccc6)ccc5C(=O)O)c(C)c4)cc3)cc2)ccc1NOCc1cc(C(=O)OCc2ccccc2)ccc1C(=O)O. The molecule has 0 unspecified atom stereocenters. The fourth-order valence-corrected chi connectivity index (χ4v) is 8.06. The Hall–Kier alpha value is -9.53. The number of carboxylic acids is 2. The standard InChI is InChI=1S/C61H52N2O12/c1-38-31-49(25-29-54(38)62-56(64)53-34-43(16-28-52(53)58(67)68)60(70)72-36-41-13-9-6-10-14-41)74-47-21-17-45(18-22-47)61(3,4)46-19-23-48(24-20-46)75-50-26-30-55(39(2)32-50)63-73-37-44-33-42(15-27-51(44)57(65)66)59(69)71-35-40-11-7-5-8-12-40/h5-34,63H,35-37H2,1-4H3,(H,62,64)(H,65,66)(H,67,68). The van der Waals surface area contributed by atoms with Crippen LogP contribution in [0.15, 0.2) is 182 Å². The molecule has 8 aromatic carbocycles. The third kappa shape index (κ3) is 13.1.